The zero-order valence-electron chi connectivity index (χ0n) is 8.40. The second-order valence-electron chi connectivity index (χ2n) is 3.59. The van der Waals surface area contributed by atoms with Crippen LogP contribution in [-0.2, 0) is 4.79 Å². The molecule has 2 N–H and O–H groups in total. The standard InChI is InChI=1S/C12H9N3O/c16-12-10(5-8-6-13-14-7-8)9-3-1-2-4-11(9)15-12/h1-7H,(H,13,14)(H,15,16)/b10-5-. The van der Waals surface area contributed by atoms with Gasteiger partial charge in [-0.05, 0) is 12.1 Å². The van der Waals surface area contributed by atoms with Crippen molar-refractivity contribution in [2.45, 2.75) is 0 Å². The van der Waals surface area contributed by atoms with Crippen LogP contribution in [0.1, 0.15) is 11.1 Å². The number of hydrogen-bond acceptors (Lipinski definition) is 2. The summed E-state index contributed by atoms with van der Waals surface area (Å²) in [6, 6.07) is 7.64. The van der Waals surface area contributed by atoms with Crippen molar-refractivity contribution in [1.82, 2.24) is 10.2 Å². The molecule has 0 unspecified atom stereocenters. The Morgan fingerprint density at radius 2 is 2.12 bits per heavy atom. The number of carbonyl (C=O) groups is 1. The first-order valence-corrected chi connectivity index (χ1v) is 4.96. The highest BCUT2D eigenvalue weighted by molar-refractivity contribution is 6.34. The fourth-order valence-corrected chi connectivity index (χ4v) is 1.79. The number of aromatic nitrogens is 2. The molecule has 4 nitrogen and oxygen atoms in total. The van der Waals surface area contributed by atoms with E-state index in [4.69, 9.17) is 0 Å². The van der Waals surface area contributed by atoms with E-state index in [-0.39, 0.29) is 5.91 Å². The molecule has 0 saturated heterocycles. The molecule has 0 saturated carbocycles. The predicted octanol–water partition coefficient (Wildman–Crippen LogP) is 1.90. The quantitative estimate of drug-likeness (QED) is 0.708. The Bertz CT molecular complexity index is 570. The molecule has 0 radical (unpaired) electrons. The third-order valence-corrected chi connectivity index (χ3v) is 2.54. The summed E-state index contributed by atoms with van der Waals surface area (Å²) < 4.78 is 0. The summed E-state index contributed by atoms with van der Waals surface area (Å²) in [5.41, 5.74) is 3.37. The van der Waals surface area contributed by atoms with Gasteiger partial charge in [0, 0.05) is 28.6 Å². The third-order valence-electron chi connectivity index (χ3n) is 2.54. The maximum absolute atomic E-state index is 11.7. The van der Waals surface area contributed by atoms with Crippen LogP contribution in [-0.4, -0.2) is 16.1 Å². The van der Waals surface area contributed by atoms with Crippen molar-refractivity contribution in [3.8, 4) is 0 Å². The van der Waals surface area contributed by atoms with Gasteiger partial charge in [-0.25, -0.2) is 0 Å². The minimum atomic E-state index is -0.0672. The SMILES string of the molecule is O=C1Nc2ccccc2/C1=C/c1cn[nH]c1. The molecule has 0 atom stereocenters. The van der Waals surface area contributed by atoms with Gasteiger partial charge in [0.25, 0.3) is 5.91 Å². The van der Waals surface area contributed by atoms with Crippen molar-refractivity contribution >= 4 is 23.2 Å². The summed E-state index contributed by atoms with van der Waals surface area (Å²) in [5, 5.41) is 9.38. The van der Waals surface area contributed by atoms with E-state index in [0.29, 0.717) is 5.57 Å². The molecule has 1 aromatic carbocycles. The van der Waals surface area contributed by atoms with Crippen molar-refractivity contribution < 1.29 is 4.79 Å². The summed E-state index contributed by atoms with van der Waals surface area (Å²) in [6.07, 6.45) is 5.26. The Hall–Kier alpha value is -2.36. The first-order valence-electron chi connectivity index (χ1n) is 4.96. The number of nitrogens with one attached hydrogen (secondary N) is 2. The van der Waals surface area contributed by atoms with Crippen LogP contribution >= 0.6 is 0 Å². The van der Waals surface area contributed by atoms with E-state index in [9.17, 15) is 4.79 Å². The largest absolute Gasteiger partial charge is 0.321 e. The molecule has 2 heterocycles. The number of carbonyl (C=O) groups excluding carboxylic acids is 1. The van der Waals surface area contributed by atoms with Crippen LogP contribution in [0.5, 0.6) is 0 Å². The Labute approximate surface area is 92.0 Å². The third kappa shape index (κ3) is 1.32. The number of aromatic amines is 1. The second-order valence-corrected chi connectivity index (χ2v) is 3.59. The maximum atomic E-state index is 11.7. The van der Waals surface area contributed by atoms with Crippen LogP contribution in [0.25, 0.3) is 11.6 Å². The normalized spacial score (nSPS) is 16.2. The highest BCUT2D eigenvalue weighted by atomic mass is 16.2. The Morgan fingerprint density at radius 1 is 1.25 bits per heavy atom. The Morgan fingerprint density at radius 3 is 2.94 bits per heavy atom. The lowest BCUT2D eigenvalue weighted by molar-refractivity contribution is -0.110. The van der Waals surface area contributed by atoms with Gasteiger partial charge in [-0.2, -0.15) is 5.10 Å². The number of benzene rings is 1. The summed E-state index contributed by atoms with van der Waals surface area (Å²) in [6.45, 7) is 0. The minimum Gasteiger partial charge on any atom is -0.321 e. The first kappa shape index (κ1) is 8.91. The van der Waals surface area contributed by atoms with Crippen molar-refractivity contribution in [3.05, 3.63) is 47.8 Å². The number of para-hydroxylation sites is 1. The van der Waals surface area contributed by atoms with E-state index < -0.39 is 0 Å². The molecule has 0 fully saturated rings. The molecule has 0 aliphatic carbocycles. The van der Waals surface area contributed by atoms with Gasteiger partial charge >= 0.3 is 0 Å². The molecule has 78 valence electrons. The van der Waals surface area contributed by atoms with E-state index >= 15 is 0 Å². The van der Waals surface area contributed by atoms with Crippen LogP contribution in [0.4, 0.5) is 5.69 Å². The molecule has 0 spiro atoms. The molecule has 1 aromatic heterocycles. The topological polar surface area (TPSA) is 57.8 Å². The number of H-pyrrole nitrogens is 1. The average Bonchev–Trinajstić information content (AvgIpc) is 2.89. The van der Waals surface area contributed by atoms with Crippen LogP contribution in [0, 0.1) is 0 Å². The van der Waals surface area contributed by atoms with Gasteiger partial charge in [0.2, 0.25) is 0 Å². The van der Waals surface area contributed by atoms with Crippen molar-refractivity contribution in [3.63, 3.8) is 0 Å². The van der Waals surface area contributed by atoms with Crippen molar-refractivity contribution in [2.24, 2.45) is 0 Å². The molecular weight excluding hydrogens is 202 g/mol. The summed E-state index contributed by atoms with van der Waals surface area (Å²) in [4.78, 5) is 11.7. The average molecular weight is 211 g/mol. The molecule has 1 aliphatic rings. The molecule has 4 heteroatoms. The van der Waals surface area contributed by atoms with E-state index in [2.05, 4.69) is 15.5 Å². The van der Waals surface area contributed by atoms with Crippen molar-refractivity contribution in [1.29, 1.82) is 0 Å². The van der Waals surface area contributed by atoms with Gasteiger partial charge < -0.3 is 5.32 Å². The molecular formula is C12H9N3O. The highest BCUT2D eigenvalue weighted by Crippen LogP contribution is 2.32. The molecule has 0 bridgehead atoms. The van der Waals surface area contributed by atoms with E-state index in [0.717, 1.165) is 16.8 Å². The fraction of sp³-hybridized carbons (Fsp3) is 0. The minimum absolute atomic E-state index is 0.0672. The highest BCUT2D eigenvalue weighted by Gasteiger charge is 2.23. The molecule has 1 amide bonds. The van der Waals surface area contributed by atoms with E-state index in [1.165, 1.54) is 0 Å². The lowest BCUT2D eigenvalue weighted by atomic mass is 10.1. The number of anilines is 1. The number of fused-ring (bicyclic) bond motifs is 1. The van der Waals surface area contributed by atoms with Crippen LogP contribution in [0.2, 0.25) is 0 Å². The number of rotatable bonds is 1. The number of hydrogen-bond donors (Lipinski definition) is 2. The Balaban J connectivity index is 2.12. The summed E-state index contributed by atoms with van der Waals surface area (Å²) >= 11 is 0. The lowest BCUT2D eigenvalue weighted by Crippen LogP contribution is -2.03. The zero-order valence-corrected chi connectivity index (χ0v) is 8.40. The molecule has 1 aliphatic heterocycles. The Kier molecular flexibility index (Phi) is 1.86. The van der Waals surface area contributed by atoms with Crippen molar-refractivity contribution in [2.75, 3.05) is 5.32 Å². The second kappa shape index (κ2) is 3.34. The zero-order chi connectivity index (χ0) is 11.0. The maximum Gasteiger partial charge on any atom is 0.256 e. The van der Waals surface area contributed by atoms with Gasteiger partial charge in [0.15, 0.2) is 0 Å². The smallest absolute Gasteiger partial charge is 0.256 e. The van der Waals surface area contributed by atoms with Gasteiger partial charge in [-0.3, -0.25) is 9.89 Å². The molecule has 2 aromatic rings. The van der Waals surface area contributed by atoms with Crippen LogP contribution < -0.4 is 5.32 Å². The van der Waals surface area contributed by atoms with E-state index in [1.54, 1.807) is 12.4 Å². The monoisotopic (exact) mass is 211 g/mol. The number of nitrogens with zero attached hydrogens (tertiary/aromatic N) is 1. The van der Waals surface area contributed by atoms with Gasteiger partial charge in [0.1, 0.15) is 0 Å². The lowest BCUT2D eigenvalue weighted by Gasteiger charge is -1.95. The van der Waals surface area contributed by atoms with Crippen LogP contribution in [0.15, 0.2) is 36.7 Å². The van der Waals surface area contributed by atoms with Gasteiger partial charge in [-0.1, -0.05) is 18.2 Å². The molecule has 16 heavy (non-hydrogen) atoms. The molecule has 3 rings (SSSR count). The number of amides is 1. The van der Waals surface area contributed by atoms with Gasteiger partial charge in [-0.15, -0.1) is 0 Å². The van der Waals surface area contributed by atoms with Gasteiger partial charge in [0.05, 0.1) is 6.20 Å². The van der Waals surface area contributed by atoms with Crippen LogP contribution in [0.3, 0.4) is 0 Å². The predicted molar refractivity (Wildman–Crippen MR) is 61.5 cm³/mol. The van der Waals surface area contributed by atoms with E-state index in [1.807, 2.05) is 30.3 Å². The first-order chi connectivity index (χ1) is 7.84. The summed E-state index contributed by atoms with van der Waals surface area (Å²) in [7, 11) is 0. The fourth-order valence-electron chi connectivity index (χ4n) is 1.79. The summed E-state index contributed by atoms with van der Waals surface area (Å²) in [5.74, 6) is -0.0672.